The first kappa shape index (κ1) is 21.1. The van der Waals surface area contributed by atoms with E-state index in [1.54, 1.807) is 19.2 Å². The Morgan fingerprint density at radius 1 is 1.14 bits per heavy atom. The molecular weight excluding hydrogens is 417 g/mol. The summed E-state index contributed by atoms with van der Waals surface area (Å²) in [6.45, 7) is 3.90. The topological polar surface area (TPSA) is 45.8 Å². The summed E-state index contributed by atoms with van der Waals surface area (Å²) in [6.07, 6.45) is 0. The standard InChI is InChI=1S/C20H23Cl2N3O2S/c1-26-16-5-2-14(3-6-16)19(25-8-10-27-11-9-25)13-23-20(28)24-15-4-7-17(21)18(22)12-15/h2-7,12,19H,8-11,13H2,1H3,(H2,23,24,28). The van der Waals surface area contributed by atoms with Gasteiger partial charge in [-0.3, -0.25) is 4.90 Å². The van der Waals surface area contributed by atoms with Crippen molar-refractivity contribution in [2.24, 2.45) is 0 Å². The molecule has 1 fully saturated rings. The highest BCUT2D eigenvalue weighted by molar-refractivity contribution is 7.80. The van der Waals surface area contributed by atoms with Crippen LogP contribution in [-0.2, 0) is 4.74 Å². The van der Waals surface area contributed by atoms with Crippen molar-refractivity contribution in [3.8, 4) is 5.75 Å². The van der Waals surface area contributed by atoms with Crippen LogP contribution in [0.25, 0.3) is 0 Å². The first-order chi connectivity index (χ1) is 13.6. The Balaban J connectivity index is 1.66. The molecule has 3 rings (SSSR count). The second kappa shape index (κ2) is 10.3. The number of hydrogen-bond acceptors (Lipinski definition) is 4. The van der Waals surface area contributed by atoms with E-state index in [4.69, 9.17) is 44.9 Å². The zero-order valence-corrected chi connectivity index (χ0v) is 17.9. The van der Waals surface area contributed by atoms with Gasteiger partial charge in [0.25, 0.3) is 0 Å². The molecule has 0 aliphatic carbocycles. The smallest absolute Gasteiger partial charge is 0.170 e. The first-order valence-electron chi connectivity index (χ1n) is 9.02. The van der Waals surface area contributed by atoms with Crippen LogP contribution in [0.3, 0.4) is 0 Å². The van der Waals surface area contributed by atoms with E-state index in [0.717, 1.165) is 37.7 Å². The van der Waals surface area contributed by atoms with E-state index in [-0.39, 0.29) is 6.04 Å². The molecule has 2 aromatic rings. The van der Waals surface area contributed by atoms with Gasteiger partial charge in [-0.2, -0.15) is 0 Å². The molecule has 1 unspecified atom stereocenters. The monoisotopic (exact) mass is 439 g/mol. The predicted octanol–water partition coefficient (Wildman–Crippen LogP) is 4.36. The van der Waals surface area contributed by atoms with Crippen LogP contribution in [0, 0.1) is 0 Å². The van der Waals surface area contributed by atoms with Crippen molar-refractivity contribution < 1.29 is 9.47 Å². The maximum atomic E-state index is 6.07. The molecule has 1 aliphatic rings. The van der Waals surface area contributed by atoms with Gasteiger partial charge in [0.2, 0.25) is 0 Å². The summed E-state index contributed by atoms with van der Waals surface area (Å²) in [5, 5.41) is 8.00. The maximum absolute atomic E-state index is 6.07. The van der Waals surface area contributed by atoms with Crippen molar-refractivity contribution in [1.29, 1.82) is 0 Å². The molecule has 5 nitrogen and oxygen atoms in total. The Kier molecular flexibility index (Phi) is 7.76. The zero-order chi connectivity index (χ0) is 19.9. The summed E-state index contributed by atoms with van der Waals surface area (Å²) in [4.78, 5) is 2.40. The van der Waals surface area contributed by atoms with Gasteiger partial charge in [-0.15, -0.1) is 0 Å². The van der Waals surface area contributed by atoms with Crippen LogP contribution < -0.4 is 15.4 Å². The van der Waals surface area contributed by atoms with Crippen LogP contribution in [0.15, 0.2) is 42.5 Å². The van der Waals surface area contributed by atoms with Gasteiger partial charge in [0, 0.05) is 25.3 Å². The lowest BCUT2D eigenvalue weighted by Crippen LogP contribution is -2.44. The van der Waals surface area contributed by atoms with Crippen LogP contribution in [0.5, 0.6) is 5.75 Å². The lowest BCUT2D eigenvalue weighted by atomic mass is 10.0. The normalized spacial score (nSPS) is 15.7. The second-order valence-electron chi connectivity index (χ2n) is 6.40. The molecule has 2 aromatic carbocycles. The van der Waals surface area contributed by atoms with E-state index >= 15 is 0 Å². The Morgan fingerprint density at radius 2 is 1.86 bits per heavy atom. The summed E-state index contributed by atoms with van der Waals surface area (Å²) in [6, 6.07) is 13.6. The van der Waals surface area contributed by atoms with Crippen LogP contribution in [0.2, 0.25) is 10.0 Å². The fourth-order valence-electron chi connectivity index (χ4n) is 3.11. The van der Waals surface area contributed by atoms with Crippen LogP contribution in [-0.4, -0.2) is 50.0 Å². The number of nitrogens with one attached hydrogen (secondary N) is 2. The van der Waals surface area contributed by atoms with Crippen molar-refractivity contribution >= 4 is 46.2 Å². The molecule has 1 atom stereocenters. The van der Waals surface area contributed by atoms with E-state index in [0.29, 0.717) is 21.7 Å². The van der Waals surface area contributed by atoms with Gasteiger partial charge in [0.15, 0.2) is 5.11 Å². The number of ether oxygens (including phenoxy) is 2. The number of hydrogen-bond donors (Lipinski definition) is 2. The number of rotatable bonds is 6. The highest BCUT2D eigenvalue weighted by Gasteiger charge is 2.23. The number of benzene rings is 2. The largest absolute Gasteiger partial charge is 0.497 e. The molecule has 0 bridgehead atoms. The van der Waals surface area contributed by atoms with E-state index < -0.39 is 0 Å². The van der Waals surface area contributed by atoms with Gasteiger partial charge < -0.3 is 20.1 Å². The third-order valence-corrected chi connectivity index (χ3v) is 5.61. The zero-order valence-electron chi connectivity index (χ0n) is 15.6. The van der Waals surface area contributed by atoms with Crippen molar-refractivity contribution in [1.82, 2.24) is 10.2 Å². The molecule has 8 heteroatoms. The van der Waals surface area contributed by atoms with Gasteiger partial charge in [-0.1, -0.05) is 35.3 Å². The Morgan fingerprint density at radius 3 is 2.50 bits per heavy atom. The fraction of sp³-hybridized carbons (Fsp3) is 0.350. The number of halogens is 2. The summed E-state index contributed by atoms with van der Waals surface area (Å²) in [7, 11) is 1.67. The number of thiocarbonyl (C=S) groups is 1. The Labute approximate surface area is 180 Å². The molecule has 1 aliphatic heterocycles. The lowest BCUT2D eigenvalue weighted by molar-refractivity contribution is 0.0170. The summed E-state index contributed by atoms with van der Waals surface area (Å²) >= 11 is 17.5. The molecule has 1 heterocycles. The Bertz CT molecular complexity index is 799. The molecular formula is C20H23Cl2N3O2S. The maximum Gasteiger partial charge on any atom is 0.170 e. The molecule has 0 spiro atoms. The van der Waals surface area contributed by atoms with Gasteiger partial charge in [-0.25, -0.2) is 0 Å². The molecule has 28 heavy (non-hydrogen) atoms. The van der Waals surface area contributed by atoms with Crippen molar-refractivity contribution in [3.63, 3.8) is 0 Å². The van der Waals surface area contributed by atoms with Crippen LogP contribution in [0.1, 0.15) is 11.6 Å². The average molecular weight is 440 g/mol. The molecule has 0 amide bonds. The quantitative estimate of drug-likeness (QED) is 0.651. The molecule has 0 radical (unpaired) electrons. The van der Waals surface area contributed by atoms with Crippen molar-refractivity contribution in [2.45, 2.75) is 6.04 Å². The van der Waals surface area contributed by atoms with E-state index in [1.807, 2.05) is 18.2 Å². The SMILES string of the molecule is COc1ccc(C(CNC(=S)Nc2ccc(Cl)c(Cl)c2)N2CCOCC2)cc1. The van der Waals surface area contributed by atoms with Crippen LogP contribution >= 0.6 is 35.4 Å². The summed E-state index contributed by atoms with van der Waals surface area (Å²) in [5.74, 6) is 0.842. The van der Waals surface area contributed by atoms with E-state index in [2.05, 4.69) is 27.7 Å². The average Bonchev–Trinajstić information content (AvgIpc) is 2.72. The van der Waals surface area contributed by atoms with Gasteiger partial charge in [0.05, 0.1) is 36.4 Å². The highest BCUT2D eigenvalue weighted by atomic mass is 35.5. The van der Waals surface area contributed by atoms with Crippen molar-refractivity contribution in [3.05, 3.63) is 58.1 Å². The molecule has 2 N–H and O–H groups in total. The molecule has 150 valence electrons. The van der Waals surface area contributed by atoms with Crippen molar-refractivity contribution in [2.75, 3.05) is 45.3 Å². The van der Waals surface area contributed by atoms with Gasteiger partial charge >= 0.3 is 0 Å². The van der Waals surface area contributed by atoms with E-state index in [9.17, 15) is 0 Å². The third-order valence-electron chi connectivity index (χ3n) is 4.62. The summed E-state index contributed by atoms with van der Waals surface area (Å²) in [5.41, 5.74) is 1.99. The molecule has 0 aromatic heterocycles. The fourth-order valence-corrected chi connectivity index (χ4v) is 3.61. The second-order valence-corrected chi connectivity index (χ2v) is 7.62. The molecule has 1 saturated heterocycles. The molecule has 0 saturated carbocycles. The number of methoxy groups -OCH3 is 1. The third kappa shape index (κ3) is 5.72. The first-order valence-corrected chi connectivity index (χ1v) is 10.2. The number of nitrogens with zero attached hydrogens (tertiary/aromatic N) is 1. The van der Waals surface area contributed by atoms with Crippen LogP contribution in [0.4, 0.5) is 5.69 Å². The van der Waals surface area contributed by atoms with Gasteiger partial charge in [-0.05, 0) is 48.1 Å². The lowest BCUT2D eigenvalue weighted by Gasteiger charge is -2.35. The predicted molar refractivity (Wildman–Crippen MR) is 119 cm³/mol. The number of morpholine rings is 1. The minimum atomic E-state index is 0.170. The minimum absolute atomic E-state index is 0.170. The minimum Gasteiger partial charge on any atom is -0.497 e. The highest BCUT2D eigenvalue weighted by Crippen LogP contribution is 2.26. The number of anilines is 1. The van der Waals surface area contributed by atoms with Gasteiger partial charge in [0.1, 0.15) is 5.75 Å². The van der Waals surface area contributed by atoms with E-state index in [1.165, 1.54) is 5.56 Å². The Hall–Kier alpha value is -1.57. The summed E-state index contributed by atoms with van der Waals surface area (Å²) < 4.78 is 10.8.